The second kappa shape index (κ2) is 7.46. The molecular formula is C19H15NO6S. The lowest BCUT2D eigenvalue weighted by Crippen LogP contribution is -2.00. The van der Waals surface area contributed by atoms with Gasteiger partial charge in [0.05, 0.1) is 9.82 Å². The maximum Gasteiger partial charge on any atom is 0.312 e. The molecule has 0 amide bonds. The molecule has 0 N–H and O–H groups in total. The van der Waals surface area contributed by atoms with Crippen molar-refractivity contribution in [3.63, 3.8) is 0 Å². The van der Waals surface area contributed by atoms with Gasteiger partial charge in [-0.25, -0.2) is 8.42 Å². The lowest BCUT2D eigenvalue weighted by atomic mass is 10.3. The lowest BCUT2D eigenvalue weighted by molar-refractivity contribution is -0.385. The van der Waals surface area contributed by atoms with Crippen LogP contribution in [0.5, 0.6) is 23.0 Å². The van der Waals surface area contributed by atoms with Crippen LogP contribution in [0.3, 0.4) is 0 Å². The van der Waals surface area contributed by atoms with Crippen LogP contribution in [-0.4, -0.2) is 19.6 Å². The van der Waals surface area contributed by atoms with E-state index in [9.17, 15) is 18.5 Å². The molecule has 0 radical (unpaired) electrons. The second-order valence-electron chi connectivity index (χ2n) is 5.65. The van der Waals surface area contributed by atoms with Crippen LogP contribution in [0.4, 0.5) is 5.69 Å². The highest BCUT2D eigenvalue weighted by atomic mass is 32.2. The Hall–Kier alpha value is -3.39. The quantitative estimate of drug-likeness (QED) is 0.455. The van der Waals surface area contributed by atoms with Crippen LogP contribution in [0.2, 0.25) is 0 Å². The van der Waals surface area contributed by atoms with Crippen molar-refractivity contribution in [2.24, 2.45) is 0 Å². The number of nitro benzene ring substituents is 1. The summed E-state index contributed by atoms with van der Waals surface area (Å²) in [5.74, 6) is 1.56. The fourth-order valence-electron chi connectivity index (χ4n) is 2.28. The molecule has 0 aliphatic rings. The number of nitrogens with zero attached hydrogens (tertiary/aromatic N) is 1. The zero-order valence-corrected chi connectivity index (χ0v) is 15.0. The van der Waals surface area contributed by atoms with Crippen molar-refractivity contribution in [1.29, 1.82) is 0 Å². The first-order valence-electron chi connectivity index (χ1n) is 7.82. The van der Waals surface area contributed by atoms with E-state index in [0.717, 1.165) is 12.3 Å². The highest BCUT2D eigenvalue weighted by molar-refractivity contribution is 7.90. The van der Waals surface area contributed by atoms with E-state index in [1.807, 2.05) is 30.3 Å². The number of hydrogen-bond acceptors (Lipinski definition) is 6. The Labute approximate surface area is 155 Å². The molecule has 27 heavy (non-hydrogen) atoms. The highest BCUT2D eigenvalue weighted by Crippen LogP contribution is 2.34. The molecule has 3 aromatic carbocycles. The minimum atomic E-state index is -3.56. The van der Waals surface area contributed by atoms with Gasteiger partial charge in [0.2, 0.25) is 5.75 Å². The number of sulfone groups is 1. The third-order valence-corrected chi connectivity index (χ3v) is 4.70. The largest absolute Gasteiger partial charge is 0.457 e. The minimum absolute atomic E-state index is 0.0517. The zero-order valence-electron chi connectivity index (χ0n) is 14.2. The van der Waals surface area contributed by atoms with Crippen LogP contribution in [0.1, 0.15) is 0 Å². The van der Waals surface area contributed by atoms with E-state index in [0.29, 0.717) is 17.2 Å². The Morgan fingerprint density at radius 3 is 1.93 bits per heavy atom. The molecule has 0 atom stereocenters. The molecule has 7 nitrogen and oxygen atoms in total. The van der Waals surface area contributed by atoms with Crippen LogP contribution >= 0.6 is 0 Å². The second-order valence-corrected chi connectivity index (χ2v) is 7.66. The Kier molecular flexibility index (Phi) is 5.09. The number of benzene rings is 3. The average Bonchev–Trinajstić information content (AvgIpc) is 2.63. The van der Waals surface area contributed by atoms with Crippen molar-refractivity contribution >= 4 is 15.5 Å². The van der Waals surface area contributed by atoms with Gasteiger partial charge >= 0.3 is 5.69 Å². The molecule has 3 rings (SSSR count). The van der Waals surface area contributed by atoms with E-state index < -0.39 is 20.4 Å². The third-order valence-electron chi connectivity index (χ3n) is 3.59. The number of rotatable bonds is 6. The van der Waals surface area contributed by atoms with Crippen molar-refractivity contribution in [2.45, 2.75) is 4.90 Å². The Morgan fingerprint density at radius 2 is 1.37 bits per heavy atom. The molecule has 0 saturated carbocycles. The molecule has 0 aliphatic carbocycles. The summed E-state index contributed by atoms with van der Waals surface area (Å²) in [6.07, 6.45) is 0.984. The van der Waals surface area contributed by atoms with E-state index in [1.54, 1.807) is 24.3 Å². The summed E-state index contributed by atoms with van der Waals surface area (Å²) in [5.41, 5.74) is -0.428. The summed E-state index contributed by atoms with van der Waals surface area (Å²) in [7, 11) is -3.56. The predicted octanol–water partition coefficient (Wildman–Crippen LogP) is 4.58. The summed E-state index contributed by atoms with van der Waals surface area (Å²) in [6.45, 7) is 0. The molecule has 3 aromatic rings. The normalized spacial score (nSPS) is 11.0. The number of ether oxygens (including phenoxy) is 2. The molecule has 8 heteroatoms. The Balaban J connectivity index is 1.81. The topological polar surface area (TPSA) is 95.7 Å². The van der Waals surface area contributed by atoms with Gasteiger partial charge in [-0.3, -0.25) is 10.1 Å². The van der Waals surface area contributed by atoms with Crippen LogP contribution in [0.25, 0.3) is 0 Å². The van der Waals surface area contributed by atoms with Gasteiger partial charge in [-0.1, -0.05) is 18.2 Å². The van der Waals surface area contributed by atoms with Gasteiger partial charge in [0.1, 0.15) is 17.2 Å². The first-order chi connectivity index (χ1) is 12.8. The van der Waals surface area contributed by atoms with Gasteiger partial charge < -0.3 is 9.47 Å². The molecular weight excluding hydrogens is 370 g/mol. The van der Waals surface area contributed by atoms with Crippen molar-refractivity contribution in [2.75, 3.05) is 6.26 Å². The van der Waals surface area contributed by atoms with Crippen molar-refractivity contribution < 1.29 is 22.8 Å². The summed E-state index contributed by atoms with van der Waals surface area (Å²) < 4.78 is 34.4. The van der Waals surface area contributed by atoms with Gasteiger partial charge in [-0.05, 0) is 48.5 Å². The minimum Gasteiger partial charge on any atom is -0.457 e. The van der Waals surface area contributed by atoms with Gasteiger partial charge in [-0.15, -0.1) is 0 Å². The van der Waals surface area contributed by atoms with Gasteiger partial charge in [0.15, 0.2) is 9.84 Å². The summed E-state index contributed by atoms with van der Waals surface area (Å²) in [5, 5.41) is 11.3. The van der Waals surface area contributed by atoms with E-state index in [2.05, 4.69) is 0 Å². The summed E-state index contributed by atoms with van der Waals surface area (Å²) >= 11 is 0. The lowest BCUT2D eigenvalue weighted by Gasteiger charge is -2.09. The van der Waals surface area contributed by atoms with Crippen LogP contribution in [0, 0.1) is 10.1 Å². The molecule has 0 aromatic heterocycles. The van der Waals surface area contributed by atoms with Gasteiger partial charge in [0, 0.05) is 12.3 Å². The zero-order chi connectivity index (χ0) is 19.4. The molecule has 0 heterocycles. The highest BCUT2D eigenvalue weighted by Gasteiger charge is 2.20. The van der Waals surface area contributed by atoms with E-state index >= 15 is 0 Å². The Bertz CT molecular complexity index is 1060. The van der Waals surface area contributed by atoms with E-state index in [4.69, 9.17) is 9.47 Å². The fraction of sp³-hybridized carbons (Fsp3) is 0.0526. The standard InChI is InChI=1S/C19H15NO6S/c1-27(23,24)17-11-12-19(18(13-17)20(21)22)26-16-9-7-15(8-10-16)25-14-5-3-2-4-6-14/h2-13H,1H3. The average molecular weight is 385 g/mol. The maximum atomic E-state index is 11.6. The van der Waals surface area contributed by atoms with Crippen LogP contribution < -0.4 is 9.47 Å². The maximum absolute atomic E-state index is 11.6. The molecule has 0 bridgehead atoms. The first-order valence-corrected chi connectivity index (χ1v) is 9.71. The number of hydrogen-bond donors (Lipinski definition) is 0. The molecule has 0 spiro atoms. The fourth-order valence-corrected chi connectivity index (χ4v) is 2.93. The molecule has 0 saturated heterocycles. The van der Waals surface area contributed by atoms with E-state index in [-0.39, 0.29) is 10.6 Å². The first kappa shape index (κ1) is 18.4. The number of para-hydroxylation sites is 1. The monoisotopic (exact) mass is 385 g/mol. The third kappa shape index (κ3) is 4.62. The van der Waals surface area contributed by atoms with Crippen LogP contribution in [0.15, 0.2) is 77.7 Å². The van der Waals surface area contributed by atoms with Crippen molar-refractivity contribution in [1.82, 2.24) is 0 Å². The Morgan fingerprint density at radius 1 is 0.815 bits per heavy atom. The van der Waals surface area contributed by atoms with E-state index in [1.165, 1.54) is 12.1 Å². The van der Waals surface area contributed by atoms with Crippen molar-refractivity contribution in [3.8, 4) is 23.0 Å². The summed E-state index contributed by atoms with van der Waals surface area (Å²) in [6, 6.07) is 19.3. The molecule has 0 fully saturated rings. The molecule has 138 valence electrons. The smallest absolute Gasteiger partial charge is 0.312 e. The number of nitro groups is 1. The van der Waals surface area contributed by atoms with Crippen LogP contribution in [-0.2, 0) is 9.84 Å². The molecule has 0 unspecified atom stereocenters. The van der Waals surface area contributed by atoms with Gasteiger partial charge in [0.25, 0.3) is 0 Å². The molecule has 0 aliphatic heterocycles. The SMILES string of the molecule is CS(=O)(=O)c1ccc(Oc2ccc(Oc3ccccc3)cc2)c([N+](=O)[O-])c1. The predicted molar refractivity (Wildman–Crippen MR) is 99.2 cm³/mol. The van der Waals surface area contributed by atoms with Gasteiger partial charge in [-0.2, -0.15) is 0 Å². The van der Waals surface area contributed by atoms with Crippen molar-refractivity contribution in [3.05, 3.63) is 82.9 Å². The summed E-state index contributed by atoms with van der Waals surface area (Å²) in [4.78, 5) is 10.4.